The van der Waals surface area contributed by atoms with Gasteiger partial charge >= 0.3 is 0 Å². The predicted molar refractivity (Wildman–Crippen MR) is 130 cm³/mol. The maximum Gasteiger partial charge on any atom is 0.260 e. The Morgan fingerprint density at radius 2 is 1.97 bits per heavy atom. The second-order valence-corrected chi connectivity index (χ2v) is 12.3. The van der Waals surface area contributed by atoms with Crippen LogP contribution in [-0.2, 0) is 15.4 Å². The quantitative estimate of drug-likeness (QED) is 0.598. The van der Waals surface area contributed by atoms with Gasteiger partial charge in [-0.1, -0.05) is 6.07 Å². The van der Waals surface area contributed by atoms with Crippen molar-refractivity contribution in [2.75, 3.05) is 12.4 Å². The lowest BCUT2D eigenvalue weighted by molar-refractivity contribution is 0.256. The van der Waals surface area contributed by atoms with Crippen molar-refractivity contribution in [2.24, 2.45) is 10.7 Å². The van der Waals surface area contributed by atoms with E-state index in [2.05, 4.69) is 19.8 Å². The smallest absolute Gasteiger partial charge is 0.260 e. The van der Waals surface area contributed by atoms with Gasteiger partial charge in [-0.25, -0.2) is 33.7 Å². The molecule has 3 rings (SSSR count). The SMILES string of the molecule is [C-]#[N+]C(C)(C)COc1cnc(/C(F)=C/c2ccc(F)c([C@]3(C)CS(=O)(=O)C(C)(C)C(N)=N3)c2)cn1. The molecular formula is C24H27F2N5O3S. The summed E-state index contributed by atoms with van der Waals surface area (Å²) in [5.41, 5.74) is 3.92. The van der Waals surface area contributed by atoms with E-state index in [-0.39, 0.29) is 35.1 Å². The molecule has 1 aliphatic rings. The average molecular weight is 504 g/mol. The molecule has 0 spiro atoms. The lowest BCUT2D eigenvalue weighted by Gasteiger charge is -2.38. The Bertz CT molecular complexity index is 1350. The van der Waals surface area contributed by atoms with E-state index in [4.69, 9.17) is 17.0 Å². The molecule has 0 aliphatic carbocycles. The zero-order valence-corrected chi connectivity index (χ0v) is 20.9. The zero-order chi connectivity index (χ0) is 26.2. The van der Waals surface area contributed by atoms with Crippen LogP contribution in [0.5, 0.6) is 5.88 Å². The fraction of sp³-hybridized carbons (Fsp3) is 0.417. The van der Waals surface area contributed by atoms with Gasteiger partial charge < -0.3 is 15.3 Å². The van der Waals surface area contributed by atoms with Crippen molar-refractivity contribution in [3.05, 3.63) is 64.6 Å². The molecule has 0 saturated heterocycles. The number of aromatic nitrogens is 2. The third kappa shape index (κ3) is 5.32. The van der Waals surface area contributed by atoms with Crippen molar-refractivity contribution < 1.29 is 21.9 Å². The van der Waals surface area contributed by atoms with Crippen LogP contribution in [0.1, 0.15) is 51.4 Å². The van der Waals surface area contributed by atoms with Crippen LogP contribution in [0, 0.1) is 12.4 Å². The van der Waals surface area contributed by atoms with Gasteiger partial charge in [-0.15, -0.1) is 0 Å². The summed E-state index contributed by atoms with van der Waals surface area (Å²) in [6, 6.07) is 3.82. The Balaban J connectivity index is 1.90. The zero-order valence-electron chi connectivity index (χ0n) is 20.1. The van der Waals surface area contributed by atoms with Crippen LogP contribution in [0.3, 0.4) is 0 Å². The van der Waals surface area contributed by atoms with Gasteiger partial charge in [0.05, 0.1) is 18.1 Å². The van der Waals surface area contributed by atoms with Crippen LogP contribution < -0.4 is 10.5 Å². The number of ether oxygens (including phenoxy) is 1. The Hall–Kier alpha value is -3.39. The number of nitrogens with zero attached hydrogens (tertiary/aromatic N) is 4. The minimum absolute atomic E-state index is 0.0154. The molecule has 0 amide bonds. The Labute approximate surface area is 203 Å². The maximum absolute atomic E-state index is 14.9. The highest BCUT2D eigenvalue weighted by Crippen LogP contribution is 2.38. The minimum Gasteiger partial charge on any atom is -0.468 e. The largest absolute Gasteiger partial charge is 0.468 e. The fourth-order valence-corrected chi connectivity index (χ4v) is 5.03. The molecule has 0 saturated carbocycles. The topological polar surface area (TPSA) is 112 Å². The summed E-state index contributed by atoms with van der Waals surface area (Å²) in [7, 11) is -3.74. The molecular weight excluding hydrogens is 476 g/mol. The van der Waals surface area contributed by atoms with E-state index in [9.17, 15) is 17.2 Å². The number of nitrogens with two attached hydrogens (primary N) is 1. The van der Waals surface area contributed by atoms with E-state index in [1.807, 2.05) is 0 Å². The number of halogens is 2. The number of sulfone groups is 1. The first-order valence-corrected chi connectivity index (χ1v) is 12.3. The summed E-state index contributed by atoms with van der Waals surface area (Å²) in [6.07, 6.45) is 3.55. The van der Waals surface area contributed by atoms with Crippen molar-refractivity contribution >= 4 is 27.6 Å². The molecule has 1 atom stereocenters. The van der Waals surface area contributed by atoms with E-state index in [0.29, 0.717) is 0 Å². The molecule has 2 aromatic rings. The Morgan fingerprint density at radius 1 is 1.29 bits per heavy atom. The number of benzene rings is 1. The highest BCUT2D eigenvalue weighted by molar-refractivity contribution is 7.93. The molecule has 1 aromatic carbocycles. The van der Waals surface area contributed by atoms with Crippen LogP contribution in [0.15, 0.2) is 35.6 Å². The summed E-state index contributed by atoms with van der Waals surface area (Å²) in [4.78, 5) is 15.8. The molecule has 1 aliphatic heterocycles. The van der Waals surface area contributed by atoms with Gasteiger partial charge in [0.2, 0.25) is 5.88 Å². The van der Waals surface area contributed by atoms with E-state index in [1.54, 1.807) is 13.8 Å². The predicted octanol–water partition coefficient (Wildman–Crippen LogP) is 3.94. The van der Waals surface area contributed by atoms with Gasteiger partial charge in [-0.2, -0.15) is 0 Å². The number of amidine groups is 1. The Kier molecular flexibility index (Phi) is 6.74. The summed E-state index contributed by atoms with van der Waals surface area (Å²) in [5.74, 6) is -1.84. The number of hydrogen-bond acceptors (Lipinski definition) is 7. The van der Waals surface area contributed by atoms with Crippen LogP contribution in [0.2, 0.25) is 0 Å². The van der Waals surface area contributed by atoms with Gasteiger partial charge in [0.15, 0.2) is 22.3 Å². The van der Waals surface area contributed by atoms with E-state index >= 15 is 0 Å². The first-order valence-electron chi connectivity index (χ1n) is 10.7. The van der Waals surface area contributed by atoms with Crippen LogP contribution >= 0.6 is 0 Å². The first kappa shape index (κ1) is 26.2. The maximum atomic E-state index is 14.9. The van der Waals surface area contributed by atoms with Crippen LogP contribution in [-0.4, -0.2) is 46.9 Å². The lowest BCUT2D eigenvalue weighted by Crippen LogP contribution is -2.55. The molecule has 2 heterocycles. The van der Waals surface area contributed by atoms with Gasteiger partial charge in [-0.05, 0) is 44.5 Å². The summed E-state index contributed by atoms with van der Waals surface area (Å²) >= 11 is 0. The highest BCUT2D eigenvalue weighted by Gasteiger charge is 2.49. The van der Waals surface area contributed by atoms with E-state index in [1.165, 1.54) is 45.3 Å². The molecule has 8 nitrogen and oxygen atoms in total. The van der Waals surface area contributed by atoms with Crippen molar-refractivity contribution in [3.8, 4) is 5.88 Å². The van der Waals surface area contributed by atoms with E-state index < -0.39 is 43.1 Å². The number of hydrogen-bond donors (Lipinski definition) is 1. The van der Waals surface area contributed by atoms with Gasteiger partial charge in [0, 0.05) is 19.4 Å². The second kappa shape index (κ2) is 9.00. The van der Waals surface area contributed by atoms with Crippen molar-refractivity contribution in [2.45, 2.75) is 50.4 Å². The second-order valence-electron chi connectivity index (χ2n) is 9.72. The fourth-order valence-electron chi connectivity index (χ4n) is 3.34. The molecule has 186 valence electrons. The van der Waals surface area contributed by atoms with Crippen molar-refractivity contribution in [1.82, 2.24) is 9.97 Å². The standard InChI is InChI=1S/C24H27F2N5O3S/c1-22(2,28-6)13-34-20-12-29-19(11-30-20)18(26)10-15-7-8-17(25)16(9-15)24(5)14-35(32,33)23(3,4)21(27)31-24/h7-12H,13-14H2,1-5H3,(H2,27,31)/b18-10-/t24-/m0/s1. The molecule has 0 fully saturated rings. The summed E-state index contributed by atoms with van der Waals surface area (Å²) in [6.45, 7) is 15.0. The summed E-state index contributed by atoms with van der Waals surface area (Å²) in [5, 5.41) is 0. The molecule has 35 heavy (non-hydrogen) atoms. The Morgan fingerprint density at radius 3 is 2.54 bits per heavy atom. The van der Waals surface area contributed by atoms with Gasteiger partial charge in [-0.3, -0.25) is 4.99 Å². The van der Waals surface area contributed by atoms with Crippen molar-refractivity contribution in [3.63, 3.8) is 0 Å². The molecule has 0 unspecified atom stereocenters. The summed E-state index contributed by atoms with van der Waals surface area (Å²) < 4.78 is 59.3. The normalized spacial score (nSPS) is 21.7. The van der Waals surface area contributed by atoms with Crippen LogP contribution in [0.25, 0.3) is 16.7 Å². The third-order valence-corrected chi connectivity index (χ3v) is 8.55. The molecule has 0 radical (unpaired) electrons. The van der Waals surface area contributed by atoms with E-state index in [0.717, 1.165) is 12.1 Å². The highest BCUT2D eigenvalue weighted by atomic mass is 32.2. The lowest BCUT2D eigenvalue weighted by atomic mass is 9.91. The first-order chi connectivity index (χ1) is 16.1. The average Bonchev–Trinajstić information content (AvgIpc) is 2.78. The van der Waals surface area contributed by atoms with Crippen molar-refractivity contribution in [1.29, 1.82) is 0 Å². The minimum atomic E-state index is -3.74. The van der Waals surface area contributed by atoms with Gasteiger partial charge in [0.1, 0.15) is 27.6 Å². The molecule has 0 bridgehead atoms. The van der Waals surface area contributed by atoms with Crippen LogP contribution in [0.4, 0.5) is 8.78 Å². The number of aliphatic imine (C=N–C) groups is 1. The monoisotopic (exact) mass is 503 g/mol. The number of rotatable bonds is 6. The molecule has 11 heteroatoms. The third-order valence-electron chi connectivity index (χ3n) is 5.85. The van der Waals surface area contributed by atoms with Gasteiger partial charge in [0.25, 0.3) is 5.54 Å². The molecule has 1 aromatic heterocycles. The molecule has 2 N–H and O–H groups in total.